The number of halogens is 1. The summed E-state index contributed by atoms with van der Waals surface area (Å²) in [6, 6.07) is 12.0. The summed E-state index contributed by atoms with van der Waals surface area (Å²) in [4.78, 5) is 19.7. The second-order valence-corrected chi connectivity index (χ2v) is 16.4. The van der Waals surface area contributed by atoms with Crippen molar-refractivity contribution in [2.24, 2.45) is 17.8 Å². The number of aliphatic hydroxyl groups excluding tert-OH is 1. The summed E-state index contributed by atoms with van der Waals surface area (Å²) in [7, 11) is 0.305. The third kappa shape index (κ3) is 7.69. The Kier molecular flexibility index (Phi) is 11.4. The van der Waals surface area contributed by atoms with Gasteiger partial charge in [0.25, 0.3) is 5.91 Å². The minimum atomic E-state index is -1.50. The zero-order chi connectivity index (χ0) is 35.6. The molecule has 9 nitrogen and oxygen atoms in total. The van der Waals surface area contributed by atoms with Crippen molar-refractivity contribution in [3.8, 4) is 5.75 Å². The molecule has 3 heterocycles. The molecule has 50 heavy (non-hydrogen) atoms. The van der Waals surface area contributed by atoms with E-state index >= 15 is 0 Å². The number of rotatable bonds is 2. The van der Waals surface area contributed by atoms with Crippen LogP contribution in [0.5, 0.6) is 5.75 Å². The highest BCUT2D eigenvalue weighted by Gasteiger charge is 2.44. The molecule has 2 aliphatic heterocycles. The van der Waals surface area contributed by atoms with Crippen LogP contribution in [0, 0.1) is 31.6 Å². The summed E-state index contributed by atoms with van der Waals surface area (Å²) in [6.07, 6.45) is 10.6. The van der Waals surface area contributed by atoms with Crippen LogP contribution in [-0.2, 0) is 34.2 Å². The quantitative estimate of drug-likeness (QED) is 0.272. The van der Waals surface area contributed by atoms with Gasteiger partial charge in [-0.1, -0.05) is 36.7 Å². The number of hydrogen-bond donors (Lipinski definition) is 2. The summed E-state index contributed by atoms with van der Waals surface area (Å²) in [5.74, 6) is 2.84. The van der Waals surface area contributed by atoms with Crippen LogP contribution in [0.25, 0.3) is 0 Å². The molecule has 2 N–H and O–H groups in total. The highest BCUT2D eigenvalue weighted by atomic mass is 35.5. The van der Waals surface area contributed by atoms with Crippen molar-refractivity contribution >= 4 is 34.2 Å². The van der Waals surface area contributed by atoms with E-state index in [0.717, 1.165) is 68.1 Å². The number of aryl methyl sites for hydroxylation is 3. The van der Waals surface area contributed by atoms with Gasteiger partial charge in [-0.3, -0.25) is 9.52 Å². The first-order valence-electron chi connectivity index (χ1n) is 17.8. The van der Waals surface area contributed by atoms with Gasteiger partial charge in [0.15, 0.2) is 5.89 Å². The zero-order valence-corrected chi connectivity index (χ0v) is 31.3. The van der Waals surface area contributed by atoms with E-state index in [9.17, 15) is 9.00 Å². The van der Waals surface area contributed by atoms with Crippen LogP contribution in [0.15, 0.2) is 53.0 Å². The first-order chi connectivity index (χ1) is 24.0. The van der Waals surface area contributed by atoms with Gasteiger partial charge in [0.05, 0.1) is 30.3 Å². The Hall–Kier alpha value is -3.18. The van der Waals surface area contributed by atoms with Gasteiger partial charge >= 0.3 is 0 Å². The van der Waals surface area contributed by atoms with Crippen LogP contribution >= 0.6 is 11.6 Å². The number of anilines is 1. The molecule has 1 aromatic heterocycles. The van der Waals surface area contributed by atoms with Crippen molar-refractivity contribution < 1.29 is 28.0 Å². The maximum atomic E-state index is 13.3. The van der Waals surface area contributed by atoms with E-state index in [0.29, 0.717) is 41.4 Å². The van der Waals surface area contributed by atoms with Crippen LogP contribution in [0.2, 0.25) is 5.02 Å². The molecule has 11 heteroatoms. The lowest BCUT2D eigenvalue weighted by atomic mass is 9.68. The van der Waals surface area contributed by atoms with Gasteiger partial charge in [-0.15, -0.1) is 0 Å². The molecule has 7 rings (SSSR count). The summed E-state index contributed by atoms with van der Waals surface area (Å²) in [5, 5.41) is 9.20. The van der Waals surface area contributed by atoms with E-state index in [4.69, 9.17) is 30.6 Å². The summed E-state index contributed by atoms with van der Waals surface area (Å²) < 4.78 is 33.5. The first kappa shape index (κ1) is 36.6. The number of nitrogens with zero attached hydrogens (tertiary/aromatic N) is 2. The highest BCUT2D eigenvalue weighted by molar-refractivity contribution is 7.84. The predicted octanol–water partition coefficient (Wildman–Crippen LogP) is 7.02. The van der Waals surface area contributed by atoms with Crippen molar-refractivity contribution in [1.29, 1.82) is 0 Å². The van der Waals surface area contributed by atoms with Gasteiger partial charge in [0, 0.05) is 43.1 Å². The number of carbonyl (C=O) groups is 1. The van der Waals surface area contributed by atoms with E-state index in [2.05, 4.69) is 45.8 Å². The molecule has 2 aromatic carbocycles. The molecular weight excluding hydrogens is 674 g/mol. The average molecular weight is 724 g/mol. The molecule has 1 saturated carbocycles. The Balaban J connectivity index is 0.000000419. The molecular formula is C39H50ClN3O6S. The lowest BCUT2D eigenvalue weighted by molar-refractivity contribution is 0.0131. The molecule has 3 aromatic rings. The number of carbonyl (C=O) groups excluding carboxylic acids is 1. The van der Waals surface area contributed by atoms with Crippen molar-refractivity contribution in [3.05, 3.63) is 87.6 Å². The lowest BCUT2D eigenvalue weighted by Crippen LogP contribution is -2.49. The molecule has 270 valence electrons. The Morgan fingerprint density at radius 2 is 2.00 bits per heavy atom. The number of hydrogen-bond acceptors (Lipinski definition) is 8. The second-order valence-electron chi connectivity index (χ2n) is 14.5. The number of aliphatic hydroxyl groups is 1. The fraction of sp³-hybridized carbons (Fsp3) is 0.538. The number of amides is 1. The predicted molar refractivity (Wildman–Crippen MR) is 197 cm³/mol. The van der Waals surface area contributed by atoms with Crippen LogP contribution in [0.3, 0.4) is 0 Å². The maximum Gasteiger partial charge on any atom is 0.263 e. The third-order valence-electron chi connectivity index (χ3n) is 11.2. The highest BCUT2D eigenvalue weighted by Crippen LogP contribution is 2.47. The molecule has 4 aliphatic rings. The van der Waals surface area contributed by atoms with E-state index in [-0.39, 0.29) is 35.2 Å². The summed E-state index contributed by atoms with van der Waals surface area (Å²) in [6.45, 7) is 9.77. The number of benzene rings is 2. The topological polar surface area (TPSA) is 114 Å². The van der Waals surface area contributed by atoms with E-state index in [1.807, 2.05) is 25.1 Å². The van der Waals surface area contributed by atoms with Crippen LogP contribution in [-0.4, -0.2) is 58.4 Å². The van der Waals surface area contributed by atoms with Gasteiger partial charge in [-0.25, -0.2) is 9.19 Å². The first-order valence-corrected chi connectivity index (χ1v) is 19.4. The average Bonchev–Trinajstić information content (AvgIpc) is 3.35. The Labute approximate surface area is 303 Å². The minimum absolute atomic E-state index is 0.0385. The molecule has 1 spiro atoms. The maximum absolute atomic E-state index is 13.3. The van der Waals surface area contributed by atoms with E-state index < -0.39 is 11.0 Å². The number of fused-ring (bicyclic) bond motifs is 4. The Morgan fingerprint density at radius 3 is 2.68 bits per heavy atom. The number of oxazole rings is 1. The SMILES string of the molecule is COC1/C=C/CC(C)C(C)S(=O)NC(=O)c2ccc3c(c2)N(CC2CCC21)C[C@@]1(CCCc2cc(Cl)ccc21)CO3.Cc1nc(CO)c(C)o1. The molecule has 7 atom stereocenters. The number of ether oxygens (including phenoxy) is 2. The smallest absolute Gasteiger partial charge is 0.263 e. The normalized spacial score (nSPS) is 30.0. The van der Waals surface area contributed by atoms with Crippen molar-refractivity contribution in [3.63, 3.8) is 0 Å². The van der Waals surface area contributed by atoms with E-state index in [1.165, 1.54) is 11.1 Å². The fourth-order valence-electron chi connectivity index (χ4n) is 7.98. The monoisotopic (exact) mass is 723 g/mol. The molecule has 6 unspecified atom stereocenters. The van der Waals surface area contributed by atoms with Gasteiger partial charge in [-0.2, -0.15) is 0 Å². The van der Waals surface area contributed by atoms with Crippen molar-refractivity contribution in [2.45, 2.75) is 89.6 Å². The number of methoxy groups -OCH3 is 1. The molecule has 0 radical (unpaired) electrons. The van der Waals surface area contributed by atoms with E-state index in [1.54, 1.807) is 27.0 Å². The molecule has 0 saturated heterocycles. The lowest BCUT2D eigenvalue weighted by Gasteiger charge is -2.46. The van der Waals surface area contributed by atoms with Gasteiger partial charge in [-0.05, 0) is 112 Å². The summed E-state index contributed by atoms with van der Waals surface area (Å²) in [5.41, 5.74) is 4.53. The minimum Gasteiger partial charge on any atom is -0.490 e. The Bertz CT molecular complexity index is 1740. The number of aromatic nitrogens is 1. The standard InChI is InChI=1S/C33H41ClN2O4S.C6H9NO2/c1-21-6-4-8-30(39-3)27-12-9-25(27)18-36-19-33(15-5-7-23-16-26(34)11-13-28(23)33)20-40-31-14-10-24(17-29(31)36)32(37)35-41(38)22(21)2;1-4-6(3-8)7-5(2)9-4/h4,8,10-11,13-14,16-17,21-22,25,27,30H,5-7,9,12,15,18-20H2,1-3H3,(H,35,37);8H,3H2,1-2H3/b8-4+;/t21?,22?,25?,27?,30?,33-,41?;/m0./s1. The van der Waals surface area contributed by atoms with Crippen molar-refractivity contribution in [1.82, 2.24) is 9.71 Å². The molecule has 2 bridgehead atoms. The fourth-order valence-corrected chi connectivity index (χ4v) is 9.19. The van der Waals surface area contributed by atoms with Crippen LogP contribution in [0.1, 0.15) is 84.8 Å². The Morgan fingerprint density at radius 1 is 1.18 bits per heavy atom. The molecule has 1 amide bonds. The second kappa shape index (κ2) is 15.6. The largest absolute Gasteiger partial charge is 0.490 e. The van der Waals surface area contributed by atoms with Gasteiger partial charge in [0.2, 0.25) is 0 Å². The summed E-state index contributed by atoms with van der Waals surface area (Å²) >= 11 is 6.41. The van der Waals surface area contributed by atoms with Crippen LogP contribution < -0.4 is 14.4 Å². The molecule has 1 fully saturated rings. The van der Waals surface area contributed by atoms with Gasteiger partial charge in [0.1, 0.15) is 28.2 Å². The van der Waals surface area contributed by atoms with Crippen LogP contribution in [0.4, 0.5) is 5.69 Å². The third-order valence-corrected chi connectivity index (χ3v) is 13.0. The zero-order valence-electron chi connectivity index (χ0n) is 29.7. The van der Waals surface area contributed by atoms with Crippen molar-refractivity contribution in [2.75, 3.05) is 31.7 Å². The van der Waals surface area contributed by atoms with Gasteiger partial charge < -0.3 is 23.9 Å². The molecule has 2 aliphatic carbocycles. The number of nitrogens with one attached hydrogen (secondary N) is 1. The number of allylic oxidation sites excluding steroid dienone is 1.